The Morgan fingerprint density at radius 1 is 1.12 bits per heavy atom. The monoisotopic (exact) mass is 351 g/mol. The first-order chi connectivity index (χ1) is 12.8. The molecule has 1 aliphatic rings. The fourth-order valence-corrected chi connectivity index (χ4v) is 3.40. The van der Waals surface area contributed by atoms with Crippen molar-refractivity contribution in [2.24, 2.45) is 0 Å². The molecule has 1 atom stereocenters. The molecule has 4 rings (SSSR count). The van der Waals surface area contributed by atoms with Crippen molar-refractivity contribution in [3.05, 3.63) is 61.1 Å². The van der Waals surface area contributed by atoms with Gasteiger partial charge in [0.25, 0.3) is 0 Å². The number of nitrogens with one attached hydrogen (secondary N) is 1. The summed E-state index contributed by atoms with van der Waals surface area (Å²) in [5.41, 5.74) is 1.63. The lowest BCUT2D eigenvalue weighted by Gasteiger charge is -2.28. The van der Waals surface area contributed by atoms with Gasteiger partial charge in [-0.2, -0.15) is 0 Å². The second kappa shape index (κ2) is 7.43. The van der Waals surface area contributed by atoms with Gasteiger partial charge in [0.2, 0.25) is 0 Å². The topological polar surface area (TPSA) is 76.2 Å². The van der Waals surface area contributed by atoms with Crippen LogP contribution >= 0.6 is 0 Å². The Hall–Kier alpha value is -3.09. The normalized spacial score (nSPS) is 17.7. The van der Waals surface area contributed by atoms with Crippen molar-refractivity contribution < 1.29 is 9.21 Å². The van der Waals surface area contributed by atoms with Crippen LogP contribution in [0.3, 0.4) is 0 Å². The van der Waals surface area contributed by atoms with E-state index in [-0.39, 0.29) is 12.1 Å². The van der Waals surface area contributed by atoms with E-state index in [9.17, 15) is 4.79 Å². The van der Waals surface area contributed by atoms with Gasteiger partial charge >= 0.3 is 6.03 Å². The van der Waals surface area contributed by atoms with Crippen molar-refractivity contribution >= 4 is 11.7 Å². The fraction of sp³-hybridized carbons (Fsp3) is 0.316. The number of carbonyl (C=O) groups is 1. The minimum atomic E-state index is -0.103. The summed E-state index contributed by atoms with van der Waals surface area (Å²) in [4.78, 5) is 14.9. The lowest BCUT2D eigenvalue weighted by molar-refractivity contribution is 0.179. The molecular formula is C19H21N5O2. The van der Waals surface area contributed by atoms with Crippen LogP contribution in [0.4, 0.5) is 10.5 Å². The van der Waals surface area contributed by atoms with Crippen LogP contribution < -0.4 is 5.32 Å². The van der Waals surface area contributed by atoms with E-state index in [4.69, 9.17) is 4.42 Å². The molecule has 2 amide bonds. The zero-order chi connectivity index (χ0) is 17.8. The maximum absolute atomic E-state index is 13.0. The molecule has 3 heterocycles. The number of likely N-dealkylation sites (tertiary alicyclic amines) is 1. The van der Waals surface area contributed by atoms with Gasteiger partial charge < -0.3 is 14.6 Å². The molecule has 0 radical (unpaired) electrons. The Morgan fingerprint density at radius 2 is 2.00 bits per heavy atom. The number of rotatable bonds is 3. The molecule has 1 fully saturated rings. The summed E-state index contributed by atoms with van der Waals surface area (Å²) in [5.74, 6) is 0.847. The molecule has 7 heteroatoms. The minimum absolute atomic E-state index is 0.0199. The van der Waals surface area contributed by atoms with Crippen LogP contribution in [-0.4, -0.2) is 32.2 Å². The van der Waals surface area contributed by atoms with Crippen LogP contribution in [0.1, 0.15) is 37.5 Å². The van der Waals surface area contributed by atoms with Gasteiger partial charge in [-0.1, -0.05) is 18.9 Å². The fourth-order valence-electron chi connectivity index (χ4n) is 3.40. The summed E-state index contributed by atoms with van der Waals surface area (Å²) < 4.78 is 7.39. The summed E-state index contributed by atoms with van der Waals surface area (Å²) >= 11 is 0. The summed E-state index contributed by atoms with van der Waals surface area (Å²) in [6.45, 7) is 0.725. The van der Waals surface area contributed by atoms with Crippen LogP contribution in [-0.2, 0) is 0 Å². The number of benzene rings is 1. The van der Waals surface area contributed by atoms with Gasteiger partial charge in [0, 0.05) is 12.2 Å². The molecule has 3 aromatic rings. The summed E-state index contributed by atoms with van der Waals surface area (Å²) in [7, 11) is 0. The zero-order valence-electron chi connectivity index (χ0n) is 14.4. The van der Waals surface area contributed by atoms with Crippen molar-refractivity contribution in [2.75, 3.05) is 11.9 Å². The van der Waals surface area contributed by atoms with Crippen LogP contribution in [0.5, 0.6) is 0 Å². The molecule has 0 unspecified atom stereocenters. The van der Waals surface area contributed by atoms with Gasteiger partial charge in [0.1, 0.15) is 18.4 Å². The number of furan rings is 1. The molecule has 7 nitrogen and oxygen atoms in total. The van der Waals surface area contributed by atoms with E-state index in [2.05, 4.69) is 15.5 Å². The number of carbonyl (C=O) groups excluding carboxylic acids is 1. The van der Waals surface area contributed by atoms with Gasteiger partial charge in [-0.25, -0.2) is 4.79 Å². The molecule has 26 heavy (non-hydrogen) atoms. The van der Waals surface area contributed by atoms with E-state index < -0.39 is 0 Å². The molecule has 2 aromatic heterocycles. The van der Waals surface area contributed by atoms with E-state index >= 15 is 0 Å². The quantitative estimate of drug-likeness (QED) is 0.773. The van der Waals surface area contributed by atoms with E-state index in [0.29, 0.717) is 0 Å². The van der Waals surface area contributed by atoms with Crippen LogP contribution in [0, 0.1) is 0 Å². The molecule has 1 aliphatic heterocycles. The van der Waals surface area contributed by atoms with Gasteiger partial charge in [-0.15, -0.1) is 10.2 Å². The van der Waals surface area contributed by atoms with Gasteiger partial charge in [0.15, 0.2) is 0 Å². The highest BCUT2D eigenvalue weighted by Gasteiger charge is 2.28. The molecule has 1 saturated heterocycles. The third kappa shape index (κ3) is 3.46. The summed E-state index contributed by atoms with van der Waals surface area (Å²) in [5, 5.41) is 10.7. The largest absolute Gasteiger partial charge is 0.467 e. The SMILES string of the molecule is O=C(Nc1cccc(-n2cnnc2)c1)N1CCCCC[C@@H]1c1ccco1. The zero-order valence-corrected chi connectivity index (χ0v) is 14.4. The van der Waals surface area contributed by atoms with Gasteiger partial charge in [-0.3, -0.25) is 4.57 Å². The van der Waals surface area contributed by atoms with E-state index in [1.807, 2.05) is 41.3 Å². The molecule has 134 valence electrons. The Balaban J connectivity index is 1.53. The first-order valence-electron chi connectivity index (χ1n) is 8.87. The Bertz CT molecular complexity index is 845. The van der Waals surface area contributed by atoms with Crippen LogP contribution in [0.15, 0.2) is 59.7 Å². The minimum Gasteiger partial charge on any atom is -0.467 e. The smallest absolute Gasteiger partial charge is 0.322 e. The molecule has 0 spiro atoms. The van der Waals surface area contributed by atoms with Crippen LogP contribution in [0.2, 0.25) is 0 Å². The average Bonchev–Trinajstić information content (AvgIpc) is 3.32. The number of amides is 2. The van der Waals surface area contributed by atoms with Crippen molar-refractivity contribution in [3.63, 3.8) is 0 Å². The number of nitrogens with zero attached hydrogens (tertiary/aromatic N) is 4. The number of hydrogen-bond acceptors (Lipinski definition) is 4. The van der Waals surface area contributed by atoms with Gasteiger partial charge in [0.05, 0.1) is 18.0 Å². The first-order valence-corrected chi connectivity index (χ1v) is 8.87. The predicted molar refractivity (Wildman–Crippen MR) is 97.0 cm³/mol. The summed E-state index contributed by atoms with van der Waals surface area (Å²) in [6.07, 6.45) is 9.07. The van der Waals surface area contributed by atoms with Crippen molar-refractivity contribution in [3.8, 4) is 5.69 Å². The maximum atomic E-state index is 13.0. The van der Waals surface area contributed by atoms with Crippen LogP contribution in [0.25, 0.3) is 5.69 Å². The van der Waals surface area contributed by atoms with E-state index in [1.54, 1.807) is 23.5 Å². The van der Waals surface area contributed by atoms with Crippen molar-refractivity contribution in [1.29, 1.82) is 0 Å². The second-order valence-electron chi connectivity index (χ2n) is 6.42. The lowest BCUT2D eigenvalue weighted by atomic mass is 10.1. The van der Waals surface area contributed by atoms with Gasteiger partial charge in [-0.05, 0) is 43.2 Å². The molecule has 1 N–H and O–H groups in total. The maximum Gasteiger partial charge on any atom is 0.322 e. The van der Waals surface area contributed by atoms with Crippen molar-refractivity contribution in [1.82, 2.24) is 19.7 Å². The van der Waals surface area contributed by atoms with E-state index in [0.717, 1.165) is 49.4 Å². The lowest BCUT2D eigenvalue weighted by Crippen LogP contribution is -2.37. The standard InChI is InChI=1S/C19H21N5O2/c25-19(22-15-6-4-7-16(12-15)23-13-20-21-14-23)24-10-3-1-2-8-17(24)18-9-5-11-26-18/h4-7,9,11-14,17H,1-3,8,10H2,(H,22,25)/t17-/m1/s1. The molecule has 0 saturated carbocycles. The molecular weight excluding hydrogens is 330 g/mol. The second-order valence-corrected chi connectivity index (χ2v) is 6.42. The third-order valence-electron chi connectivity index (χ3n) is 4.70. The Labute approximate surface area is 151 Å². The number of hydrogen-bond donors (Lipinski definition) is 1. The third-order valence-corrected chi connectivity index (χ3v) is 4.70. The predicted octanol–water partition coefficient (Wildman–Crippen LogP) is 4.01. The average molecular weight is 351 g/mol. The first kappa shape index (κ1) is 16.4. The molecule has 0 bridgehead atoms. The number of aromatic nitrogens is 3. The number of anilines is 1. The highest BCUT2D eigenvalue weighted by molar-refractivity contribution is 5.90. The Morgan fingerprint density at radius 3 is 2.81 bits per heavy atom. The molecule has 1 aromatic carbocycles. The summed E-state index contributed by atoms with van der Waals surface area (Å²) in [6, 6.07) is 11.3. The number of urea groups is 1. The van der Waals surface area contributed by atoms with Crippen molar-refractivity contribution in [2.45, 2.75) is 31.7 Å². The molecule has 0 aliphatic carbocycles. The Kier molecular flexibility index (Phi) is 4.68. The highest BCUT2D eigenvalue weighted by Crippen LogP contribution is 2.31. The van der Waals surface area contributed by atoms with E-state index in [1.165, 1.54) is 0 Å². The highest BCUT2D eigenvalue weighted by atomic mass is 16.3.